The van der Waals surface area contributed by atoms with Crippen LogP contribution in [0, 0.1) is 0 Å². The molecule has 0 spiro atoms. The van der Waals surface area contributed by atoms with Crippen LogP contribution in [0.3, 0.4) is 0 Å². The first-order valence-electron chi connectivity index (χ1n) is 6.23. The lowest BCUT2D eigenvalue weighted by atomic mass is 10.3. The van der Waals surface area contributed by atoms with Crippen molar-refractivity contribution < 1.29 is 0 Å². The standard InChI is InChI=1S/C13H15N5OS/c1-16(7-10-6-14-17(2)8-10)9-11-5-12(19)18-3-4-20-13(18)15-11/h3-6,8H,7,9H2,1-2H3. The Labute approximate surface area is 119 Å². The van der Waals surface area contributed by atoms with Gasteiger partial charge >= 0.3 is 0 Å². The van der Waals surface area contributed by atoms with Crippen molar-refractivity contribution in [1.29, 1.82) is 0 Å². The molecule has 0 atom stereocenters. The van der Waals surface area contributed by atoms with E-state index in [0.29, 0.717) is 6.54 Å². The SMILES string of the molecule is CN(Cc1cnn(C)c1)Cc1cc(=O)n2ccsc2n1. The monoisotopic (exact) mass is 289 g/mol. The first-order valence-corrected chi connectivity index (χ1v) is 7.11. The van der Waals surface area contributed by atoms with E-state index in [1.54, 1.807) is 21.3 Å². The first-order chi connectivity index (χ1) is 9.61. The highest BCUT2D eigenvalue weighted by molar-refractivity contribution is 7.15. The topological polar surface area (TPSA) is 55.4 Å². The second-order valence-electron chi connectivity index (χ2n) is 4.84. The van der Waals surface area contributed by atoms with E-state index in [2.05, 4.69) is 15.0 Å². The lowest BCUT2D eigenvalue weighted by Crippen LogP contribution is -2.20. The molecule has 0 N–H and O–H groups in total. The predicted octanol–water partition coefficient (Wildman–Crippen LogP) is 1.12. The molecule has 3 heterocycles. The van der Waals surface area contributed by atoms with Gasteiger partial charge in [-0.2, -0.15) is 5.10 Å². The highest BCUT2D eigenvalue weighted by Crippen LogP contribution is 2.09. The molecule has 3 aromatic rings. The lowest BCUT2D eigenvalue weighted by Gasteiger charge is -2.14. The van der Waals surface area contributed by atoms with Gasteiger partial charge in [-0.05, 0) is 7.05 Å². The fraction of sp³-hybridized carbons (Fsp3) is 0.308. The van der Waals surface area contributed by atoms with E-state index < -0.39 is 0 Å². The second kappa shape index (κ2) is 5.18. The molecule has 20 heavy (non-hydrogen) atoms. The molecule has 3 aromatic heterocycles. The van der Waals surface area contributed by atoms with Crippen molar-refractivity contribution in [2.24, 2.45) is 7.05 Å². The van der Waals surface area contributed by atoms with Crippen LogP contribution in [0.5, 0.6) is 0 Å². The largest absolute Gasteiger partial charge is 0.296 e. The van der Waals surface area contributed by atoms with Gasteiger partial charge < -0.3 is 0 Å². The van der Waals surface area contributed by atoms with E-state index in [1.165, 1.54) is 11.3 Å². The molecular formula is C13H15N5OS. The molecular weight excluding hydrogens is 274 g/mol. The van der Waals surface area contributed by atoms with Crippen LogP contribution < -0.4 is 5.56 Å². The second-order valence-corrected chi connectivity index (χ2v) is 5.71. The molecule has 0 aromatic carbocycles. The number of thiazole rings is 1. The molecule has 0 radical (unpaired) electrons. The number of aromatic nitrogens is 4. The zero-order valence-corrected chi connectivity index (χ0v) is 12.2. The molecule has 0 bridgehead atoms. The Morgan fingerprint density at radius 2 is 2.25 bits per heavy atom. The molecule has 0 fully saturated rings. The van der Waals surface area contributed by atoms with E-state index in [-0.39, 0.29) is 5.56 Å². The van der Waals surface area contributed by atoms with Gasteiger partial charge in [-0.15, -0.1) is 11.3 Å². The van der Waals surface area contributed by atoms with E-state index in [1.807, 2.05) is 31.9 Å². The number of aryl methyl sites for hydroxylation is 1. The maximum absolute atomic E-state index is 11.9. The summed E-state index contributed by atoms with van der Waals surface area (Å²) < 4.78 is 3.35. The molecule has 0 amide bonds. The minimum atomic E-state index is -0.0268. The van der Waals surface area contributed by atoms with Gasteiger partial charge in [-0.3, -0.25) is 18.8 Å². The highest BCUT2D eigenvalue weighted by atomic mass is 32.1. The van der Waals surface area contributed by atoms with Crippen LogP contribution in [0.15, 0.2) is 34.8 Å². The summed E-state index contributed by atoms with van der Waals surface area (Å²) in [6.45, 7) is 1.41. The summed E-state index contributed by atoms with van der Waals surface area (Å²) in [6.07, 6.45) is 5.58. The molecule has 0 aliphatic carbocycles. The smallest absolute Gasteiger partial charge is 0.258 e. The summed E-state index contributed by atoms with van der Waals surface area (Å²) in [7, 11) is 3.90. The van der Waals surface area contributed by atoms with Crippen LogP contribution in [0.1, 0.15) is 11.3 Å². The van der Waals surface area contributed by atoms with Gasteiger partial charge in [0.25, 0.3) is 5.56 Å². The minimum Gasteiger partial charge on any atom is -0.296 e. The van der Waals surface area contributed by atoms with Gasteiger partial charge in [0.2, 0.25) is 0 Å². The Kier molecular flexibility index (Phi) is 3.37. The van der Waals surface area contributed by atoms with Crippen molar-refractivity contribution in [1.82, 2.24) is 24.1 Å². The molecule has 0 aliphatic heterocycles. The zero-order valence-electron chi connectivity index (χ0n) is 11.4. The minimum absolute atomic E-state index is 0.0268. The third-order valence-corrected chi connectivity index (χ3v) is 3.76. The average molecular weight is 289 g/mol. The number of fused-ring (bicyclic) bond motifs is 1. The lowest BCUT2D eigenvalue weighted by molar-refractivity contribution is 0.315. The Bertz CT molecular complexity index is 787. The van der Waals surface area contributed by atoms with Gasteiger partial charge in [0.1, 0.15) is 0 Å². The van der Waals surface area contributed by atoms with Crippen molar-refractivity contribution in [3.63, 3.8) is 0 Å². The third-order valence-electron chi connectivity index (χ3n) is 3.00. The fourth-order valence-electron chi connectivity index (χ4n) is 2.17. The van der Waals surface area contributed by atoms with Crippen LogP contribution in [-0.2, 0) is 20.1 Å². The van der Waals surface area contributed by atoms with Crippen molar-refractivity contribution in [2.45, 2.75) is 13.1 Å². The summed E-state index contributed by atoms with van der Waals surface area (Å²) in [6, 6.07) is 1.60. The molecule has 6 nitrogen and oxygen atoms in total. The molecule has 3 rings (SSSR count). The molecule has 0 aliphatic rings. The number of nitrogens with zero attached hydrogens (tertiary/aromatic N) is 5. The zero-order chi connectivity index (χ0) is 14.1. The third kappa shape index (κ3) is 2.63. The maximum Gasteiger partial charge on any atom is 0.258 e. The number of hydrogen-bond acceptors (Lipinski definition) is 5. The van der Waals surface area contributed by atoms with Gasteiger partial charge in [-0.1, -0.05) is 0 Å². The molecule has 0 saturated heterocycles. The number of hydrogen-bond donors (Lipinski definition) is 0. The predicted molar refractivity (Wildman–Crippen MR) is 77.7 cm³/mol. The van der Waals surface area contributed by atoms with Crippen LogP contribution in [0.4, 0.5) is 0 Å². The quantitative estimate of drug-likeness (QED) is 0.722. The van der Waals surface area contributed by atoms with Crippen LogP contribution in [-0.4, -0.2) is 31.1 Å². The highest BCUT2D eigenvalue weighted by Gasteiger charge is 2.07. The maximum atomic E-state index is 11.9. The van der Waals surface area contributed by atoms with Crippen molar-refractivity contribution in [3.8, 4) is 0 Å². The van der Waals surface area contributed by atoms with Crippen LogP contribution in [0.2, 0.25) is 0 Å². The fourth-order valence-corrected chi connectivity index (χ4v) is 2.91. The van der Waals surface area contributed by atoms with Crippen LogP contribution in [0.25, 0.3) is 4.96 Å². The van der Waals surface area contributed by atoms with E-state index >= 15 is 0 Å². The number of rotatable bonds is 4. The molecule has 104 valence electrons. The summed E-state index contributed by atoms with van der Waals surface area (Å²) >= 11 is 1.47. The van der Waals surface area contributed by atoms with E-state index in [9.17, 15) is 4.79 Å². The molecule has 0 unspecified atom stereocenters. The van der Waals surface area contributed by atoms with Crippen LogP contribution >= 0.6 is 11.3 Å². The van der Waals surface area contributed by atoms with Crippen molar-refractivity contribution in [2.75, 3.05) is 7.05 Å². The summed E-state index contributed by atoms with van der Waals surface area (Å²) in [4.78, 5) is 19.3. The van der Waals surface area contributed by atoms with Crippen molar-refractivity contribution in [3.05, 3.63) is 51.6 Å². The summed E-state index contributed by atoms with van der Waals surface area (Å²) in [5, 5.41) is 6.02. The van der Waals surface area contributed by atoms with Gasteiger partial charge in [0.05, 0.1) is 11.9 Å². The molecule has 7 heteroatoms. The molecule has 0 saturated carbocycles. The Balaban J connectivity index is 1.76. The summed E-state index contributed by atoms with van der Waals surface area (Å²) in [5.74, 6) is 0. The van der Waals surface area contributed by atoms with Gasteiger partial charge in [0, 0.05) is 49.5 Å². The van der Waals surface area contributed by atoms with E-state index in [4.69, 9.17) is 0 Å². The summed E-state index contributed by atoms with van der Waals surface area (Å²) in [5.41, 5.74) is 1.91. The Morgan fingerprint density at radius 3 is 3.00 bits per heavy atom. The first kappa shape index (κ1) is 13.0. The van der Waals surface area contributed by atoms with Gasteiger partial charge in [0.15, 0.2) is 4.96 Å². The Morgan fingerprint density at radius 1 is 1.40 bits per heavy atom. The Hall–Kier alpha value is -1.99. The average Bonchev–Trinajstić information content (AvgIpc) is 2.98. The van der Waals surface area contributed by atoms with E-state index in [0.717, 1.165) is 22.8 Å². The normalized spacial score (nSPS) is 11.6. The van der Waals surface area contributed by atoms with Crippen molar-refractivity contribution >= 4 is 16.3 Å². The van der Waals surface area contributed by atoms with Gasteiger partial charge in [-0.25, -0.2) is 4.98 Å².